The summed E-state index contributed by atoms with van der Waals surface area (Å²) in [6.07, 6.45) is 0.403. The van der Waals surface area contributed by atoms with Gasteiger partial charge in [-0.25, -0.2) is 23.5 Å². The molecule has 0 aliphatic heterocycles. The smallest absolute Gasteiger partial charge is 0.354 e. The first kappa shape index (κ1) is 26.1. The second kappa shape index (κ2) is 11.1. The summed E-state index contributed by atoms with van der Waals surface area (Å²) in [6, 6.07) is 18.3. The lowest BCUT2D eigenvalue weighted by Crippen LogP contribution is -2.43. The van der Waals surface area contributed by atoms with Gasteiger partial charge in [0, 0.05) is 23.3 Å². The van der Waals surface area contributed by atoms with Gasteiger partial charge in [0.2, 0.25) is 11.8 Å². The Morgan fingerprint density at radius 3 is 2.46 bits per heavy atom. The first-order chi connectivity index (χ1) is 18.8. The molecule has 0 saturated heterocycles. The van der Waals surface area contributed by atoms with Crippen molar-refractivity contribution >= 4 is 29.2 Å². The lowest BCUT2D eigenvalue weighted by Gasteiger charge is -2.16. The topological polar surface area (TPSA) is 128 Å². The van der Waals surface area contributed by atoms with Crippen LogP contribution >= 0.6 is 11.6 Å². The number of alkyl halides is 1. The van der Waals surface area contributed by atoms with Gasteiger partial charge in [-0.3, -0.25) is 9.36 Å². The zero-order valence-corrected chi connectivity index (χ0v) is 21.2. The Hall–Kier alpha value is -4.51. The maximum Gasteiger partial charge on any atom is 0.354 e. The quantitative estimate of drug-likeness (QED) is 0.300. The maximum absolute atomic E-state index is 13.4. The molecule has 1 aliphatic rings. The predicted octanol–water partition coefficient (Wildman–Crippen LogP) is 4.23. The van der Waals surface area contributed by atoms with Crippen molar-refractivity contribution < 1.29 is 19.0 Å². The van der Waals surface area contributed by atoms with E-state index < -0.39 is 29.9 Å². The number of nitrogens with one attached hydrogen (secondary N) is 1. The molecule has 10 nitrogen and oxygen atoms in total. The van der Waals surface area contributed by atoms with E-state index in [0.29, 0.717) is 22.9 Å². The number of carboxylic acids is 1. The molecule has 39 heavy (non-hydrogen) atoms. The van der Waals surface area contributed by atoms with E-state index in [1.807, 2.05) is 0 Å². The molecule has 2 aromatic heterocycles. The fourth-order valence-corrected chi connectivity index (χ4v) is 4.25. The lowest BCUT2D eigenvalue weighted by molar-refractivity contribution is -0.138. The second-order valence-corrected chi connectivity index (χ2v) is 9.55. The summed E-state index contributed by atoms with van der Waals surface area (Å²) in [6.45, 7) is -0.632. The van der Waals surface area contributed by atoms with Crippen molar-refractivity contribution in [3.63, 3.8) is 0 Å². The number of hydrogen-bond acceptors (Lipinski definition) is 7. The summed E-state index contributed by atoms with van der Waals surface area (Å²) in [5.41, 5.74) is 0.144. The molecule has 2 atom stereocenters. The van der Waals surface area contributed by atoms with Crippen LogP contribution in [-0.2, 0) is 24.6 Å². The van der Waals surface area contributed by atoms with Crippen molar-refractivity contribution in [2.75, 3.05) is 5.32 Å². The summed E-state index contributed by atoms with van der Waals surface area (Å²) >= 11 is 6.00. The minimum Gasteiger partial charge on any atom is -0.481 e. The van der Waals surface area contributed by atoms with Gasteiger partial charge in [0.05, 0.1) is 18.2 Å². The van der Waals surface area contributed by atoms with Gasteiger partial charge in [-0.1, -0.05) is 29.8 Å². The van der Waals surface area contributed by atoms with Gasteiger partial charge in [-0.15, -0.1) is 0 Å². The molecule has 0 bridgehead atoms. The van der Waals surface area contributed by atoms with Crippen LogP contribution in [-0.4, -0.2) is 30.2 Å². The molecule has 2 unspecified atom stereocenters. The third-order valence-corrected chi connectivity index (χ3v) is 6.56. The Kier molecular flexibility index (Phi) is 7.42. The molecule has 2 aromatic carbocycles. The van der Waals surface area contributed by atoms with Crippen LogP contribution in [0.2, 0.25) is 5.02 Å². The van der Waals surface area contributed by atoms with Gasteiger partial charge in [-0.2, -0.15) is 4.98 Å². The van der Waals surface area contributed by atoms with Crippen molar-refractivity contribution in [2.45, 2.75) is 26.2 Å². The molecule has 2 N–H and O–H groups in total. The van der Waals surface area contributed by atoms with Crippen molar-refractivity contribution in [3.8, 4) is 11.6 Å². The van der Waals surface area contributed by atoms with E-state index in [1.54, 1.807) is 66.7 Å². The largest absolute Gasteiger partial charge is 0.481 e. The van der Waals surface area contributed by atoms with Crippen molar-refractivity contribution in [3.05, 3.63) is 104 Å². The van der Waals surface area contributed by atoms with Crippen LogP contribution in [0.15, 0.2) is 76.3 Å². The average Bonchev–Trinajstić information content (AvgIpc) is 3.71. The normalized spacial score (nSPS) is 16.1. The monoisotopic (exact) mass is 551 g/mol. The standard InChI is InChI=1S/C27H23ClFN5O5/c28-18-6-4-16(5-7-18)14-33-25(32-26(37)34(27(33)38)15-17-12-22(17)24(35)36)31-19-8-10-21(11-9-19)39-23-3-1-2-20(13-29)30-23/h1-11,17,22H,12-15H2,(H,35,36)(H,31,32,37). The third-order valence-electron chi connectivity index (χ3n) is 6.31. The predicted molar refractivity (Wildman–Crippen MR) is 141 cm³/mol. The van der Waals surface area contributed by atoms with Gasteiger partial charge >= 0.3 is 17.3 Å². The van der Waals surface area contributed by atoms with Gasteiger partial charge in [0.1, 0.15) is 12.4 Å². The van der Waals surface area contributed by atoms with Crippen LogP contribution in [0.25, 0.3) is 0 Å². The first-order valence-electron chi connectivity index (χ1n) is 12.1. The molecule has 200 valence electrons. The highest BCUT2D eigenvalue weighted by molar-refractivity contribution is 6.30. The number of nitrogens with zero attached hydrogens (tertiary/aromatic N) is 4. The van der Waals surface area contributed by atoms with E-state index in [1.165, 1.54) is 4.57 Å². The molecular formula is C27H23ClFN5O5. The number of carboxylic acid groups (broad SMARTS) is 1. The highest BCUT2D eigenvalue weighted by Gasteiger charge is 2.43. The number of hydrogen-bond donors (Lipinski definition) is 2. The Bertz CT molecular complexity index is 1620. The van der Waals surface area contributed by atoms with Gasteiger partial charge in [0.25, 0.3) is 0 Å². The number of anilines is 2. The van der Waals surface area contributed by atoms with E-state index in [-0.39, 0.29) is 36.5 Å². The number of pyridine rings is 1. The van der Waals surface area contributed by atoms with Crippen LogP contribution < -0.4 is 21.4 Å². The van der Waals surface area contributed by atoms with Crippen LogP contribution in [0.3, 0.4) is 0 Å². The van der Waals surface area contributed by atoms with Gasteiger partial charge in [-0.05, 0) is 60.4 Å². The van der Waals surface area contributed by atoms with Crippen LogP contribution in [0.5, 0.6) is 11.6 Å². The molecule has 0 amide bonds. The van der Waals surface area contributed by atoms with Crippen molar-refractivity contribution in [2.24, 2.45) is 11.8 Å². The summed E-state index contributed by atoms with van der Waals surface area (Å²) in [4.78, 5) is 45.7. The Balaban J connectivity index is 1.42. The summed E-state index contributed by atoms with van der Waals surface area (Å²) in [7, 11) is 0. The SMILES string of the molecule is O=C(O)C1CC1Cn1c(=O)nc(Nc2ccc(Oc3cccc(CF)n3)cc2)n(Cc2ccc(Cl)cc2)c1=O. The molecular weight excluding hydrogens is 529 g/mol. The Morgan fingerprint density at radius 2 is 1.79 bits per heavy atom. The minimum atomic E-state index is -0.945. The second-order valence-electron chi connectivity index (χ2n) is 9.12. The van der Waals surface area contributed by atoms with Crippen LogP contribution in [0.1, 0.15) is 17.7 Å². The van der Waals surface area contributed by atoms with E-state index in [2.05, 4.69) is 15.3 Å². The zero-order valence-electron chi connectivity index (χ0n) is 20.5. The third kappa shape index (κ3) is 6.15. The van der Waals surface area contributed by atoms with Crippen molar-refractivity contribution in [1.29, 1.82) is 0 Å². The minimum absolute atomic E-state index is 0.0211. The molecule has 1 saturated carbocycles. The van der Waals surface area contributed by atoms with E-state index >= 15 is 0 Å². The molecule has 12 heteroatoms. The van der Waals surface area contributed by atoms with Gasteiger partial charge < -0.3 is 15.2 Å². The summed E-state index contributed by atoms with van der Waals surface area (Å²) in [5.74, 6) is -1.11. The number of halogens is 2. The fourth-order valence-electron chi connectivity index (χ4n) is 4.13. The van der Waals surface area contributed by atoms with E-state index in [4.69, 9.17) is 16.3 Å². The number of rotatable bonds is 10. The molecule has 5 rings (SSSR count). The molecule has 0 spiro atoms. The molecule has 4 aromatic rings. The van der Waals surface area contributed by atoms with Crippen LogP contribution in [0, 0.1) is 11.8 Å². The molecule has 2 heterocycles. The number of aromatic nitrogens is 4. The Labute approximate surface area is 226 Å². The van der Waals surface area contributed by atoms with E-state index in [0.717, 1.165) is 10.1 Å². The van der Waals surface area contributed by atoms with E-state index in [9.17, 15) is 23.9 Å². The fraction of sp³-hybridized carbons (Fsp3) is 0.222. The molecule has 0 radical (unpaired) electrons. The molecule has 1 fully saturated rings. The van der Waals surface area contributed by atoms with Crippen molar-refractivity contribution in [1.82, 2.24) is 19.1 Å². The van der Waals surface area contributed by atoms with Crippen LogP contribution in [0.4, 0.5) is 16.0 Å². The number of ether oxygens (including phenoxy) is 1. The summed E-state index contributed by atoms with van der Waals surface area (Å²) in [5, 5.41) is 12.8. The highest BCUT2D eigenvalue weighted by Crippen LogP contribution is 2.39. The average molecular weight is 552 g/mol. The lowest BCUT2D eigenvalue weighted by atomic mass is 10.2. The highest BCUT2D eigenvalue weighted by atomic mass is 35.5. The first-order valence-corrected chi connectivity index (χ1v) is 12.4. The number of aliphatic carboxylic acids is 1. The number of benzene rings is 2. The number of carbonyl (C=O) groups is 1. The Morgan fingerprint density at radius 1 is 1.05 bits per heavy atom. The maximum atomic E-state index is 13.4. The zero-order chi connectivity index (χ0) is 27.5. The molecule has 1 aliphatic carbocycles. The van der Waals surface area contributed by atoms with Gasteiger partial charge in [0.15, 0.2) is 0 Å². The summed E-state index contributed by atoms with van der Waals surface area (Å²) < 4.78 is 20.9.